The molecule has 3 N–H and O–H groups in total. The minimum atomic E-state index is -0.181. The van der Waals surface area contributed by atoms with Gasteiger partial charge in [0.2, 0.25) is 0 Å². The Kier molecular flexibility index (Phi) is 4.89. The van der Waals surface area contributed by atoms with Crippen molar-refractivity contribution in [2.45, 2.75) is 37.6 Å². The normalized spacial score (nSPS) is 17.4. The SMILES string of the molecule is C[C@H](CCO)NC(=O)NCC1(c2cccc(Cl)c2)CC1. The van der Waals surface area contributed by atoms with Crippen LogP contribution in [0.4, 0.5) is 4.79 Å². The van der Waals surface area contributed by atoms with Crippen molar-refractivity contribution in [3.63, 3.8) is 0 Å². The van der Waals surface area contributed by atoms with Gasteiger partial charge in [0.15, 0.2) is 0 Å². The number of benzene rings is 1. The van der Waals surface area contributed by atoms with Crippen molar-refractivity contribution in [2.24, 2.45) is 0 Å². The summed E-state index contributed by atoms with van der Waals surface area (Å²) >= 11 is 6.02. The van der Waals surface area contributed by atoms with Crippen LogP contribution in [-0.2, 0) is 5.41 Å². The summed E-state index contributed by atoms with van der Waals surface area (Å²) in [6.07, 6.45) is 2.70. The zero-order chi connectivity index (χ0) is 14.6. The maximum atomic E-state index is 11.8. The van der Waals surface area contributed by atoms with Gasteiger partial charge >= 0.3 is 6.03 Å². The van der Waals surface area contributed by atoms with Crippen LogP contribution in [0.2, 0.25) is 5.02 Å². The molecule has 1 aliphatic carbocycles. The van der Waals surface area contributed by atoms with Gasteiger partial charge in [0.1, 0.15) is 0 Å². The van der Waals surface area contributed by atoms with Gasteiger partial charge in [-0.15, -0.1) is 0 Å². The van der Waals surface area contributed by atoms with Crippen molar-refractivity contribution < 1.29 is 9.90 Å². The quantitative estimate of drug-likeness (QED) is 0.755. The molecule has 1 atom stereocenters. The van der Waals surface area contributed by atoms with Crippen molar-refractivity contribution in [3.05, 3.63) is 34.9 Å². The summed E-state index contributed by atoms with van der Waals surface area (Å²) in [5, 5.41) is 15.3. The Labute approximate surface area is 124 Å². The fourth-order valence-electron chi connectivity index (χ4n) is 2.33. The first-order chi connectivity index (χ1) is 9.55. The van der Waals surface area contributed by atoms with Crippen LogP contribution in [0.15, 0.2) is 24.3 Å². The topological polar surface area (TPSA) is 61.4 Å². The highest BCUT2D eigenvalue weighted by Crippen LogP contribution is 2.48. The van der Waals surface area contributed by atoms with Gasteiger partial charge in [0.05, 0.1) is 0 Å². The van der Waals surface area contributed by atoms with E-state index < -0.39 is 0 Å². The second kappa shape index (κ2) is 6.46. The van der Waals surface area contributed by atoms with Crippen molar-refractivity contribution in [3.8, 4) is 0 Å². The van der Waals surface area contributed by atoms with Crippen molar-refractivity contribution in [2.75, 3.05) is 13.2 Å². The lowest BCUT2D eigenvalue weighted by Gasteiger charge is -2.19. The number of nitrogens with one attached hydrogen (secondary N) is 2. The third-order valence-electron chi connectivity index (χ3n) is 3.82. The fraction of sp³-hybridized carbons (Fsp3) is 0.533. The summed E-state index contributed by atoms with van der Waals surface area (Å²) in [4.78, 5) is 11.8. The maximum Gasteiger partial charge on any atom is 0.315 e. The number of carbonyl (C=O) groups excluding carboxylic acids is 1. The number of halogens is 1. The summed E-state index contributed by atoms with van der Waals surface area (Å²) < 4.78 is 0. The van der Waals surface area contributed by atoms with E-state index in [9.17, 15) is 4.79 Å². The number of urea groups is 1. The minimum Gasteiger partial charge on any atom is -0.396 e. The molecule has 0 aromatic heterocycles. The summed E-state index contributed by atoms with van der Waals surface area (Å²) in [6, 6.07) is 7.63. The van der Waals surface area contributed by atoms with Gasteiger partial charge in [-0.05, 0) is 43.9 Å². The lowest BCUT2D eigenvalue weighted by molar-refractivity contribution is 0.230. The lowest BCUT2D eigenvalue weighted by Crippen LogP contribution is -2.43. The highest BCUT2D eigenvalue weighted by Gasteiger charge is 2.44. The van der Waals surface area contributed by atoms with Gasteiger partial charge < -0.3 is 15.7 Å². The first-order valence-corrected chi connectivity index (χ1v) is 7.35. The second-order valence-electron chi connectivity index (χ2n) is 5.53. The van der Waals surface area contributed by atoms with Gasteiger partial charge in [-0.3, -0.25) is 0 Å². The highest BCUT2D eigenvalue weighted by atomic mass is 35.5. The van der Waals surface area contributed by atoms with E-state index in [0.29, 0.717) is 13.0 Å². The molecular weight excluding hydrogens is 276 g/mol. The molecule has 110 valence electrons. The molecule has 0 saturated heterocycles. The van der Waals surface area contributed by atoms with Gasteiger partial charge in [0, 0.05) is 29.6 Å². The summed E-state index contributed by atoms with van der Waals surface area (Å²) in [6.45, 7) is 2.57. The Bertz CT molecular complexity index is 475. The van der Waals surface area contributed by atoms with E-state index in [2.05, 4.69) is 16.7 Å². The number of carbonyl (C=O) groups is 1. The van der Waals surface area contributed by atoms with E-state index in [1.54, 1.807) is 0 Å². The van der Waals surface area contributed by atoms with E-state index in [-0.39, 0.29) is 24.1 Å². The standard InChI is InChI=1S/C15H21ClN2O2/c1-11(5-8-19)18-14(20)17-10-15(6-7-15)12-3-2-4-13(16)9-12/h2-4,9,11,19H,5-8,10H2,1H3,(H2,17,18,20)/t11-/m1/s1. The average Bonchev–Trinajstić information content (AvgIpc) is 3.18. The van der Waals surface area contributed by atoms with E-state index >= 15 is 0 Å². The molecule has 0 unspecified atom stereocenters. The largest absolute Gasteiger partial charge is 0.396 e. The highest BCUT2D eigenvalue weighted by molar-refractivity contribution is 6.30. The lowest BCUT2D eigenvalue weighted by atomic mass is 9.96. The Hall–Kier alpha value is -1.26. The van der Waals surface area contributed by atoms with Crippen LogP contribution in [0.25, 0.3) is 0 Å². The van der Waals surface area contributed by atoms with Gasteiger partial charge in [-0.1, -0.05) is 23.7 Å². The number of amides is 2. The zero-order valence-electron chi connectivity index (χ0n) is 11.7. The molecule has 1 fully saturated rings. The number of hydrogen-bond acceptors (Lipinski definition) is 2. The molecule has 0 aliphatic heterocycles. The number of aliphatic hydroxyl groups is 1. The molecule has 0 spiro atoms. The van der Waals surface area contributed by atoms with E-state index in [1.807, 2.05) is 25.1 Å². The van der Waals surface area contributed by atoms with Crippen LogP contribution in [0.1, 0.15) is 31.7 Å². The third-order valence-corrected chi connectivity index (χ3v) is 4.05. The van der Waals surface area contributed by atoms with Crippen LogP contribution in [-0.4, -0.2) is 30.3 Å². The smallest absolute Gasteiger partial charge is 0.315 e. The Morgan fingerprint density at radius 1 is 1.50 bits per heavy atom. The molecular formula is C15H21ClN2O2. The molecule has 0 heterocycles. The molecule has 0 bridgehead atoms. The number of rotatable bonds is 6. The van der Waals surface area contributed by atoms with Gasteiger partial charge in [0.25, 0.3) is 0 Å². The molecule has 2 rings (SSSR count). The number of hydrogen-bond donors (Lipinski definition) is 3. The Morgan fingerprint density at radius 2 is 2.25 bits per heavy atom. The predicted molar refractivity (Wildman–Crippen MR) is 80.1 cm³/mol. The van der Waals surface area contributed by atoms with E-state index in [1.165, 1.54) is 5.56 Å². The van der Waals surface area contributed by atoms with Crippen LogP contribution < -0.4 is 10.6 Å². The van der Waals surface area contributed by atoms with Crippen LogP contribution in [0.5, 0.6) is 0 Å². The Balaban J connectivity index is 1.86. The predicted octanol–water partition coefficient (Wildman–Crippen LogP) is 2.44. The molecule has 1 aromatic carbocycles. The molecule has 2 amide bonds. The molecule has 1 aliphatic rings. The van der Waals surface area contributed by atoms with Crippen molar-refractivity contribution in [1.29, 1.82) is 0 Å². The summed E-state index contributed by atoms with van der Waals surface area (Å²) in [5.74, 6) is 0. The summed E-state index contributed by atoms with van der Waals surface area (Å²) in [7, 11) is 0. The van der Waals surface area contributed by atoms with Crippen LogP contribution >= 0.6 is 11.6 Å². The Morgan fingerprint density at radius 3 is 2.85 bits per heavy atom. The zero-order valence-corrected chi connectivity index (χ0v) is 12.4. The monoisotopic (exact) mass is 296 g/mol. The van der Waals surface area contributed by atoms with E-state index in [0.717, 1.165) is 17.9 Å². The molecule has 20 heavy (non-hydrogen) atoms. The second-order valence-corrected chi connectivity index (χ2v) is 5.97. The van der Waals surface area contributed by atoms with E-state index in [4.69, 9.17) is 16.7 Å². The maximum absolute atomic E-state index is 11.8. The number of aliphatic hydroxyl groups excluding tert-OH is 1. The van der Waals surface area contributed by atoms with Crippen LogP contribution in [0.3, 0.4) is 0 Å². The van der Waals surface area contributed by atoms with Crippen molar-refractivity contribution in [1.82, 2.24) is 10.6 Å². The fourth-order valence-corrected chi connectivity index (χ4v) is 2.52. The molecule has 1 saturated carbocycles. The van der Waals surface area contributed by atoms with Gasteiger partial charge in [-0.2, -0.15) is 0 Å². The molecule has 5 heteroatoms. The minimum absolute atomic E-state index is 0.0266. The summed E-state index contributed by atoms with van der Waals surface area (Å²) in [5.41, 5.74) is 1.23. The molecule has 4 nitrogen and oxygen atoms in total. The third kappa shape index (κ3) is 3.87. The first kappa shape index (κ1) is 15.1. The molecule has 1 aromatic rings. The van der Waals surface area contributed by atoms with Gasteiger partial charge in [-0.25, -0.2) is 4.79 Å². The van der Waals surface area contributed by atoms with Crippen LogP contribution in [0, 0.1) is 0 Å². The average molecular weight is 297 g/mol. The molecule has 0 radical (unpaired) electrons. The first-order valence-electron chi connectivity index (χ1n) is 6.97. The van der Waals surface area contributed by atoms with Crippen molar-refractivity contribution >= 4 is 17.6 Å².